The van der Waals surface area contributed by atoms with E-state index in [1.165, 1.54) is 0 Å². The number of rotatable bonds is 0. The summed E-state index contributed by atoms with van der Waals surface area (Å²) in [6, 6.07) is 4.40. The Morgan fingerprint density at radius 3 is 2.32 bits per heavy atom. The molecule has 100 valence electrons. The van der Waals surface area contributed by atoms with E-state index in [1.807, 2.05) is 32.9 Å². The Morgan fingerprint density at radius 2 is 1.74 bits per heavy atom. The lowest BCUT2D eigenvalue weighted by Gasteiger charge is -2.47. The second kappa shape index (κ2) is 4.22. The van der Waals surface area contributed by atoms with Crippen molar-refractivity contribution in [3.63, 3.8) is 0 Å². The standard InChI is InChI=1S/C16H20N2O/c1-14(2)8-12-15(3,13(19)9-14)6-4-5-7-16(12,10-17)11-18/h4-5,8,13,19H,6-7,9H2,1-3H3. The molecule has 1 N–H and O–H groups in total. The summed E-state index contributed by atoms with van der Waals surface area (Å²) < 4.78 is 0. The number of hydrogen-bond acceptors (Lipinski definition) is 3. The van der Waals surface area contributed by atoms with Crippen LogP contribution in [0.5, 0.6) is 0 Å². The molecule has 2 aliphatic rings. The summed E-state index contributed by atoms with van der Waals surface area (Å²) in [6.07, 6.45) is 7.17. The van der Waals surface area contributed by atoms with E-state index in [9.17, 15) is 15.6 Å². The average molecular weight is 256 g/mol. The normalized spacial score (nSPS) is 35.3. The van der Waals surface area contributed by atoms with Crippen molar-refractivity contribution in [2.24, 2.45) is 16.2 Å². The molecule has 0 aromatic heterocycles. The van der Waals surface area contributed by atoms with Crippen LogP contribution in [-0.2, 0) is 0 Å². The van der Waals surface area contributed by atoms with Crippen LogP contribution in [0, 0.1) is 38.9 Å². The Bertz CT molecular complexity index is 516. The maximum Gasteiger partial charge on any atom is 0.168 e. The molecule has 0 radical (unpaired) electrons. The Labute approximate surface area is 114 Å². The van der Waals surface area contributed by atoms with Crippen LogP contribution < -0.4 is 0 Å². The number of nitriles is 2. The van der Waals surface area contributed by atoms with Gasteiger partial charge in [-0.05, 0) is 23.8 Å². The fraction of sp³-hybridized carbons (Fsp3) is 0.625. The highest BCUT2D eigenvalue weighted by atomic mass is 16.3. The zero-order valence-corrected chi connectivity index (χ0v) is 11.8. The Hall–Kier alpha value is -1.58. The summed E-state index contributed by atoms with van der Waals surface area (Å²) in [5.41, 5.74) is -1.02. The molecular weight excluding hydrogens is 236 g/mol. The molecule has 2 aliphatic carbocycles. The third kappa shape index (κ3) is 1.99. The topological polar surface area (TPSA) is 67.8 Å². The van der Waals surface area contributed by atoms with Gasteiger partial charge in [0.05, 0.1) is 18.2 Å². The van der Waals surface area contributed by atoms with Gasteiger partial charge in [-0.15, -0.1) is 0 Å². The minimum atomic E-state index is -1.14. The molecule has 3 nitrogen and oxygen atoms in total. The van der Waals surface area contributed by atoms with E-state index in [-0.39, 0.29) is 5.41 Å². The second-order valence-corrected chi connectivity index (χ2v) is 6.69. The first-order chi connectivity index (χ1) is 8.80. The van der Waals surface area contributed by atoms with Gasteiger partial charge < -0.3 is 5.11 Å². The van der Waals surface area contributed by atoms with Crippen LogP contribution in [-0.4, -0.2) is 11.2 Å². The van der Waals surface area contributed by atoms with Crippen LogP contribution in [0.3, 0.4) is 0 Å². The fourth-order valence-electron chi connectivity index (χ4n) is 3.31. The molecule has 0 aromatic rings. The molecule has 0 aromatic carbocycles. The van der Waals surface area contributed by atoms with Gasteiger partial charge in [-0.25, -0.2) is 0 Å². The van der Waals surface area contributed by atoms with Crippen molar-refractivity contribution in [1.29, 1.82) is 10.5 Å². The predicted octanol–water partition coefficient (Wildman–Crippen LogP) is 3.09. The molecule has 2 atom stereocenters. The first kappa shape index (κ1) is 13.8. The number of nitrogens with zero attached hydrogens (tertiary/aromatic N) is 2. The van der Waals surface area contributed by atoms with E-state index in [0.717, 1.165) is 5.57 Å². The molecule has 2 unspecified atom stereocenters. The Balaban J connectivity index is 2.70. The summed E-state index contributed by atoms with van der Waals surface area (Å²) >= 11 is 0. The van der Waals surface area contributed by atoms with E-state index < -0.39 is 16.9 Å². The molecule has 0 bridgehead atoms. The summed E-state index contributed by atoms with van der Waals surface area (Å²) in [4.78, 5) is 0. The van der Waals surface area contributed by atoms with Gasteiger partial charge in [-0.1, -0.05) is 39.0 Å². The van der Waals surface area contributed by atoms with E-state index in [2.05, 4.69) is 18.2 Å². The average Bonchev–Trinajstić information content (AvgIpc) is 2.48. The molecule has 3 heteroatoms. The Morgan fingerprint density at radius 1 is 1.16 bits per heavy atom. The van der Waals surface area contributed by atoms with Crippen molar-refractivity contribution < 1.29 is 5.11 Å². The minimum Gasteiger partial charge on any atom is -0.392 e. The Kier molecular flexibility index (Phi) is 3.07. The van der Waals surface area contributed by atoms with Crippen molar-refractivity contribution in [3.8, 4) is 12.1 Å². The fourth-order valence-corrected chi connectivity index (χ4v) is 3.31. The van der Waals surface area contributed by atoms with Gasteiger partial charge in [0.15, 0.2) is 5.41 Å². The molecular formula is C16H20N2O. The molecule has 0 aliphatic heterocycles. The van der Waals surface area contributed by atoms with E-state index >= 15 is 0 Å². The number of allylic oxidation sites excluding steroid dienone is 3. The number of hydrogen-bond donors (Lipinski definition) is 1. The highest BCUT2D eigenvalue weighted by Gasteiger charge is 2.52. The molecule has 0 spiro atoms. The van der Waals surface area contributed by atoms with Gasteiger partial charge in [-0.3, -0.25) is 0 Å². The molecule has 2 rings (SSSR count). The maximum atomic E-state index is 10.6. The van der Waals surface area contributed by atoms with E-state index in [0.29, 0.717) is 19.3 Å². The van der Waals surface area contributed by atoms with Gasteiger partial charge in [-0.2, -0.15) is 10.5 Å². The largest absolute Gasteiger partial charge is 0.392 e. The summed E-state index contributed by atoms with van der Waals surface area (Å²) in [5.74, 6) is 0. The maximum absolute atomic E-state index is 10.6. The van der Waals surface area contributed by atoms with Crippen molar-refractivity contribution in [3.05, 3.63) is 23.8 Å². The third-order valence-electron chi connectivity index (χ3n) is 4.58. The van der Waals surface area contributed by atoms with Crippen LogP contribution in [0.1, 0.15) is 40.0 Å². The van der Waals surface area contributed by atoms with Crippen LogP contribution in [0.25, 0.3) is 0 Å². The van der Waals surface area contributed by atoms with Crippen LogP contribution in [0.4, 0.5) is 0 Å². The lowest BCUT2D eigenvalue weighted by atomic mass is 9.57. The van der Waals surface area contributed by atoms with Gasteiger partial charge in [0.2, 0.25) is 0 Å². The minimum absolute atomic E-state index is 0.183. The number of aliphatic hydroxyl groups is 1. The summed E-state index contributed by atoms with van der Waals surface area (Å²) in [5, 5.41) is 29.6. The monoisotopic (exact) mass is 256 g/mol. The lowest BCUT2D eigenvalue weighted by molar-refractivity contribution is 0.0155. The molecule has 0 fully saturated rings. The molecule has 0 saturated carbocycles. The molecule has 0 amide bonds. The van der Waals surface area contributed by atoms with Crippen LogP contribution in [0.15, 0.2) is 23.8 Å². The van der Waals surface area contributed by atoms with Gasteiger partial charge >= 0.3 is 0 Å². The third-order valence-corrected chi connectivity index (χ3v) is 4.58. The van der Waals surface area contributed by atoms with Crippen LogP contribution in [0.2, 0.25) is 0 Å². The smallest absolute Gasteiger partial charge is 0.168 e. The highest BCUT2D eigenvalue weighted by Crippen LogP contribution is 2.55. The number of aliphatic hydroxyl groups excluding tert-OH is 1. The summed E-state index contributed by atoms with van der Waals surface area (Å²) in [6.45, 7) is 6.05. The molecule has 0 heterocycles. The predicted molar refractivity (Wildman–Crippen MR) is 72.6 cm³/mol. The SMILES string of the molecule is CC1(C)C=C2C(C#N)(C#N)CC=CCC2(C)C(O)C1. The molecule has 19 heavy (non-hydrogen) atoms. The number of fused-ring (bicyclic) bond motifs is 1. The van der Waals surface area contributed by atoms with Crippen molar-refractivity contribution in [2.75, 3.05) is 0 Å². The van der Waals surface area contributed by atoms with Gasteiger partial charge in [0.1, 0.15) is 0 Å². The van der Waals surface area contributed by atoms with Gasteiger partial charge in [0, 0.05) is 11.8 Å². The quantitative estimate of drug-likeness (QED) is 0.677. The van der Waals surface area contributed by atoms with Crippen LogP contribution >= 0.6 is 0 Å². The lowest BCUT2D eigenvalue weighted by Crippen LogP contribution is -2.45. The van der Waals surface area contributed by atoms with Gasteiger partial charge in [0.25, 0.3) is 0 Å². The van der Waals surface area contributed by atoms with Crippen molar-refractivity contribution in [2.45, 2.75) is 46.1 Å². The first-order valence-corrected chi connectivity index (χ1v) is 6.69. The molecule has 0 saturated heterocycles. The zero-order valence-electron chi connectivity index (χ0n) is 11.8. The summed E-state index contributed by atoms with van der Waals surface area (Å²) in [7, 11) is 0. The van der Waals surface area contributed by atoms with E-state index in [1.54, 1.807) is 0 Å². The van der Waals surface area contributed by atoms with Crippen molar-refractivity contribution in [1.82, 2.24) is 0 Å². The van der Waals surface area contributed by atoms with Crippen molar-refractivity contribution >= 4 is 0 Å². The first-order valence-electron chi connectivity index (χ1n) is 6.69. The second-order valence-electron chi connectivity index (χ2n) is 6.69. The highest BCUT2D eigenvalue weighted by molar-refractivity contribution is 5.43. The van der Waals surface area contributed by atoms with E-state index in [4.69, 9.17) is 0 Å². The zero-order chi connectivity index (χ0) is 14.3.